The van der Waals surface area contributed by atoms with E-state index in [1.807, 2.05) is 0 Å². The summed E-state index contributed by atoms with van der Waals surface area (Å²) in [6.45, 7) is 0. The second kappa shape index (κ2) is 4.50. The van der Waals surface area contributed by atoms with Crippen LogP contribution in [0.3, 0.4) is 0 Å². The third-order valence-corrected chi connectivity index (χ3v) is 4.75. The molecule has 0 fully saturated rings. The number of para-hydroxylation sites is 2. The number of fused-ring (bicyclic) bond motifs is 1. The number of halogens is 1. The lowest BCUT2D eigenvalue weighted by Gasteiger charge is -2.04. The van der Waals surface area contributed by atoms with Crippen molar-refractivity contribution in [1.82, 2.24) is 3.97 Å². The van der Waals surface area contributed by atoms with Crippen LogP contribution in [-0.4, -0.2) is 12.4 Å². The first kappa shape index (κ1) is 13.0. The Labute approximate surface area is 119 Å². The highest BCUT2D eigenvalue weighted by Gasteiger charge is 2.23. The summed E-state index contributed by atoms with van der Waals surface area (Å²) in [5, 5.41) is 0.411. The van der Waals surface area contributed by atoms with Crippen LogP contribution in [-0.2, 0) is 10.0 Å². The minimum atomic E-state index is -4.02. The van der Waals surface area contributed by atoms with E-state index in [4.69, 9.17) is 16.0 Å². The van der Waals surface area contributed by atoms with Crippen molar-refractivity contribution in [1.29, 1.82) is 0 Å². The van der Waals surface area contributed by atoms with E-state index < -0.39 is 15.8 Å². The van der Waals surface area contributed by atoms with E-state index in [0.29, 0.717) is 9.00 Å². The summed E-state index contributed by atoms with van der Waals surface area (Å²) in [6.07, 6.45) is 0. The molecule has 0 unspecified atom stereocenters. The minimum absolute atomic E-state index is 0.0319. The Balaban J connectivity index is 2.32. The molecular weight excluding hydrogens is 302 g/mol. The molecular formula is C13H8ClNO4S. The molecule has 1 aromatic heterocycles. The SMILES string of the molecule is O=c1oc2ccccc2n1S(=O)(=O)c1ccc(Cl)cc1. The van der Waals surface area contributed by atoms with Crippen LogP contribution < -0.4 is 5.76 Å². The predicted molar refractivity (Wildman–Crippen MR) is 74.5 cm³/mol. The van der Waals surface area contributed by atoms with E-state index in [9.17, 15) is 13.2 Å². The van der Waals surface area contributed by atoms with Crippen LogP contribution in [0.15, 0.2) is 62.6 Å². The molecule has 102 valence electrons. The molecule has 1 heterocycles. The molecule has 20 heavy (non-hydrogen) atoms. The normalized spacial score (nSPS) is 11.8. The van der Waals surface area contributed by atoms with Crippen LogP contribution in [0.4, 0.5) is 0 Å². The average Bonchev–Trinajstić information content (AvgIpc) is 2.75. The van der Waals surface area contributed by atoms with E-state index in [2.05, 4.69) is 0 Å². The Morgan fingerprint density at radius 3 is 2.35 bits per heavy atom. The summed E-state index contributed by atoms with van der Waals surface area (Å²) in [6, 6.07) is 11.9. The number of hydrogen-bond acceptors (Lipinski definition) is 4. The van der Waals surface area contributed by atoms with Gasteiger partial charge in [0.05, 0.1) is 4.90 Å². The number of hydrogen-bond donors (Lipinski definition) is 0. The molecule has 0 aliphatic carbocycles. The molecule has 0 aliphatic rings. The lowest BCUT2D eigenvalue weighted by Crippen LogP contribution is -2.23. The van der Waals surface area contributed by atoms with Gasteiger partial charge in [-0.1, -0.05) is 23.7 Å². The van der Waals surface area contributed by atoms with Crippen molar-refractivity contribution in [2.24, 2.45) is 0 Å². The molecule has 0 spiro atoms. The first-order valence-corrected chi connectivity index (χ1v) is 7.44. The molecule has 3 rings (SSSR count). The van der Waals surface area contributed by atoms with Gasteiger partial charge in [0.15, 0.2) is 5.58 Å². The van der Waals surface area contributed by atoms with Crippen molar-refractivity contribution in [3.63, 3.8) is 0 Å². The number of aromatic nitrogens is 1. The maximum atomic E-state index is 12.5. The maximum Gasteiger partial charge on any atom is 0.434 e. The van der Waals surface area contributed by atoms with Gasteiger partial charge in [0.25, 0.3) is 10.0 Å². The summed E-state index contributed by atoms with van der Waals surface area (Å²) in [5.74, 6) is -0.943. The van der Waals surface area contributed by atoms with Gasteiger partial charge in [-0.3, -0.25) is 0 Å². The van der Waals surface area contributed by atoms with Gasteiger partial charge in [0, 0.05) is 5.02 Å². The van der Waals surface area contributed by atoms with Crippen LogP contribution in [0, 0.1) is 0 Å². The van der Waals surface area contributed by atoms with E-state index in [1.54, 1.807) is 12.1 Å². The quantitative estimate of drug-likeness (QED) is 0.729. The van der Waals surface area contributed by atoms with Gasteiger partial charge in [0.2, 0.25) is 0 Å². The molecule has 7 heteroatoms. The Morgan fingerprint density at radius 2 is 1.65 bits per heavy atom. The van der Waals surface area contributed by atoms with Gasteiger partial charge < -0.3 is 4.42 Å². The molecule has 3 aromatic rings. The summed E-state index contributed by atoms with van der Waals surface area (Å²) in [4.78, 5) is 11.8. The standard InChI is InChI=1S/C13H8ClNO4S/c14-9-5-7-10(8-6-9)20(17,18)15-11-3-1-2-4-12(11)19-13(15)16/h1-8H. The van der Waals surface area contributed by atoms with Gasteiger partial charge >= 0.3 is 5.76 Å². The van der Waals surface area contributed by atoms with Crippen LogP contribution in [0.2, 0.25) is 5.02 Å². The highest BCUT2D eigenvalue weighted by atomic mass is 35.5. The summed E-state index contributed by atoms with van der Waals surface area (Å²) < 4.78 is 30.6. The van der Waals surface area contributed by atoms with Crippen molar-refractivity contribution in [2.75, 3.05) is 0 Å². The number of rotatable bonds is 2. The minimum Gasteiger partial charge on any atom is -0.407 e. The van der Waals surface area contributed by atoms with Crippen molar-refractivity contribution in [2.45, 2.75) is 4.90 Å². The average molecular weight is 310 g/mol. The van der Waals surface area contributed by atoms with Crippen LogP contribution >= 0.6 is 11.6 Å². The third-order valence-electron chi connectivity index (χ3n) is 2.80. The zero-order valence-corrected chi connectivity index (χ0v) is 11.6. The monoisotopic (exact) mass is 309 g/mol. The van der Waals surface area contributed by atoms with Crippen molar-refractivity contribution in [3.05, 3.63) is 64.1 Å². The maximum absolute atomic E-state index is 12.5. The molecule has 0 saturated carbocycles. The van der Waals surface area contributed by atoms with Crippen LogP contribution in [0.5, 0.6) is 0 Å². The van der Waals surface area contributed by atoms with Crippen LogP contribution in [0.25, 0.3) is 11.1 Å². The Hall–Kier alpha value is -2.05. The molecule has 0 radical (unpaired) electrons. The Kier molecular flexibility index (Phi) is 2.92. The second-order valence-corrected chi connectivity index (χ2v) is 6.28. The van der Waals surface area contributed by atoms with Gasteiger partial charge in [-0.15, -0.1) is 0 Å². The molecule has 0 amide bonds. The molecule has 0 atom stereocenters. The van der Waals surface area contributed by atoms with Gasteiger partial charge in [-0.05, 0) is 36.4 Å². The molecule has 5 nitrogen and oxygen atoms in total. The zero-order valence-electron chi connectivity index (χ0n) is 9.99. The zero-order chi connectivity index (χ0) is 14.3. The fraction of sp³-hybridized carbons (Fsp3) is 0. The van der Waals surface area contributed by atoms with E-state index >= 15 is 0 Å². The molecule has 0 saturated heterocycles. The number of oxazole rings is 1. The predicted octanol–water partition coefficient (Wildman–Crippen LogP) is 2.48. The van der Waals surface area contributed by atoms with Crippen molar-refractivity contribution < 1.29 is 12.8 Å². The number of nitrogens with zero attached hydrogens (tertiary/aromatic N) is 1. The van der Waals surface area contributed by atoms with Gasteiger partial charge in [-0.2, -0.15) is 3.97 Å². The summed E-state index contributed by atoms with van der Waals surface area (Å²) in [7, 11) is -4.02. The second-order valence-electron chi connectivity index (χ2n) is 4.06. The van der Waals surface area contributed by atoms with E-state index in [1.165, 1.54) is 36.4 Å². The van der Waals surface area contributed by atoms with Crippen molar-refractivity contribution >= 4 is 32.7 Å². The lowest BCUT2D eigenvalue weighted by atomic mass is 10.3. The van der Waals surface area contributed by atoms with E-state index in [-0.39, 0.29) is 16.0 Å². The van der Waals surface area contributed by atoms with Gasteiger partial charge in [0.1, 0.15) is 5.52 Å². The first-order chi connectivity index (χ1) is 9.50. The Bertz CT molecular complexity index is 938. The van der Waals surface area contributed by atoms with Gasteiger partial charge in [-0.25, -0.2) is 13.2 Å². The Morgan fingerprint density at radius 1 is 1.00 bits per heavy atom. The molecule has 2 aromatic carbocycles. The highest BCUT2D eigenvalue weighted by Crippen LogP contribution is 2.20. The molecule has 0 bridgehead atoms. The number of benzene rings is 2. The highest BCUT2D eigenvalue weighted by molar-refractivity contribution is 7.90. The fourth-order valence-corrected chi connectivity index (χ4v) is 3.34. The smallest absolute Gasteiger partial charge is 0.407 e. The van der Waals surface area contributed by atoms with E-state index in [0.717, 1.165) is 0 Å². The van der Waals surface area contributed by atoms with Crippen LogP contribution in [0.1, 0.15) is 0 Å². The van der Waals surface area contributed by atoms with Crippen molar-refractivity contribution in [3.8, 4) is 0 Å². The molecule has 0 aliphatic heterocycles. The first-order valence-electron chi connectivity index (χ1n) is 5.62. The largest absolute Gasteiger partial charge is 0.434 e. The third kappa shape index (κ3) is 1.93. The fourth-order valence-electron chi connectivity index (χ4n) is 1.88. The lowest BCUT2D eigenvalue weighted by molar-refractivity contribution is 0.534. The topological polar surface area (TPSA) is 69.3 Å². The summed E-state index contributed by atoms with van der Waals surface area (Å²) in [5.41, 5.74) is 0.419. The molecule has 0 N–H and O–H groups in total. The summed E-state index contributed by atoms with van der Waals surface area (Å²) >= 11 is 5.73.